The van der Waals surface area contributed by atoms with Gasteiger partial charge in [0.15, 0.2) is 5.17 Å². The minimum atomic E-state index is 0.280. The number of hydrazone groups is 1. The number of hydrogen-bond acceptors (Lipinski definition) is 4. The van der Waals surface area contributed by atoms with Crippen molar-refractivity contribution in [2.75, 3.05) is 6.61 Å². The van der Waals surface area contributed by atoms with Crippen molar-refractivity contribution >= 4 is 28.5 Å². The molecule has 0 saturated heterocycles. The highest BCUT2D eigenvalue weighted by Gasteiger charge is 2.09. The van der Waals surface area contributed by atoms with Gasteiger partial charge in [0.2, 0.25) is 5.88 Å². The van der Waals surface area contributed by atoms with Crippen LogP contribution in [-0.2, 0) is 4.74 Å². The minimum Gasteiger partial charge on any atom is -0.478 e. The molecule has 0 aliphatic carbocycles. The molecule has 0 aromatic rings. The van der Waals surface area contributed by atoms with Crippen LogP contribution in [0.4, 0.5) is 0 Å². The van der Waals surface area contributed by atoms with Crippen LogP contribution in [0.25, 0.3) is 0 Å². The van der Waals surface area contributed by atoms with Crippen molar-refractivity contribution in [1.82, 2.24) is 10.1 Å². The van der Waals surface area contributed by atoms with Crippen molar-refractivity contribution < 1.29 is 4.74 Å². The molecule has 62 valence electrons. The van der Waals surface area contributed by atoms with E-state index in [0.717, 1.165) is 4.64 Å². The summed E-state index contributed by atoms with van der Waals surface area (Å²) in [6.45, 7) is 2.41. The van der Waals surface area contributed by atoms with Crippen LogP contribution in [0.15, 0.2) is 17.1 Å². The van der Waals surface area contributed by atoms with Crippen LogP contribution in [0.3, 0.4) is 0 Å². The lowest BCUT2D eigenvalue weighted by Crippen LogP contribution is -2.30. The second-order valence-electron chi connectivity index (χ2n) is 1.74. The Bertz CT molecular complexity index is 204. The van der Waals surface area contributed by atoms with Gasteiger partial charge >= 0.3 is 0 Å². The van der Waals surface area contributed by atoms with Crippen LogP contribution in [0.5, 0.6) is 0 Å². The van der Waals surface area contributed by atoms with Gasteiger partial charge in [0.05, 0.1) is 18.4 Å². The summed E-state index contributed by atoms with van der Waals surface area (Å²) in [7, 11) is 0. The molecular formula is C5H7Cl2N3O. The summed E-state index contributed by atoms with van der Waals surface area (Å²) in [6, 6.07) is 0. The van der Waals surface area contributed by atoms with Crippen molar-refractivity contribution in [1.29, 1.82) is 0 Å². The first-order chi connectivity index (χ1) is 5.22. The fourth-order valence-corrected chi connectivity index (χ4v) is 0.977. The first-order valence-electron chi connectivity index (χ1n) is 3.03. The van der Waals surface area contributed by atoms with Crippen LogP contribution >= 0.6 is 23.4 Å². The van der Waals surface area contributed by atoms with Crippen molar-refractivity contribution in [2.24, 2.45) is 5.10 Å². The van der Waals surface area contributed by atoms with Crippen molar-refractivity contribution in [3.63, 3.8) is 0 Å². The predicted octanol–water partition coefficient (Wildman–Crippen LogP) is 1.39. The van der Waals surface area contributed by atoms with Crippen LogP contribution in [0, 0.1) is 0 Å². The Balaban J connectivity index is 2.60. The lowest BCUT2D eigenvalue weighted by atomic mass is 10.6. The van der Waals surface area contributed by atoms with E-state index in [2.05, 4.69) is 10.5 Å². The van der Waals surface area contributed by atoms with Gasteiger partial charge in [0.1, 0.15) is 0 Å². The monoisotopic (exact) mass is 195 g/mol. The number of rotatable bonds is 2. The molecule has 0 fully saturated rings. The molecule has 11 heavy (non-hydrogen) atoms. The summed E-state index contributed by atoms with van der Waals surface area (Å²) < 4.78 is 6.05. The molecular weight excluding hydrogens is 189 g/mol. The van der Waals surface area contributed by atoms with E-state index in [1.54, 1.807) is 6.08 Å². The maximum absolute atomic E-state index is 5.57. The average molecular weight is 196 g/mol. The van der Waals surface area contributed by atoms with Gasteiger partial charge in [-0.1, -0.05) is 11.6 Å². The van der Waals surface area contributed by atoms with Crippen LogP contribution in [0.2, 0.25) is 0 Å². The van der Waals surface area contributed by atoms with E-state index in [-0.39, 0.29) is 5.17 Å². The molecule has 0 spiro atoms. The predicted molar refractivity (Wildman–Crippen MR) is 43.8 cm³/mol. The van der Waals surface area contributed by atoms with Crippen LogP contribution in [0.1, 0.15) is 6.92 Å². The quantitative estimate of drug-likeness (QED) is 0.678. The highest BCUT2D eigenvalue weighted by Crippen LogP contribution is 2.07. The van der Waals surface area contributed by atoms with Gasteiger partial charge in [-0.2, -0.15) is 0 Å². The summed E-state index contributed by atoms with van der Waals surface area (Å²) in [4.78, 5) is 0. The molecule has 0 aromatic carbocycles. The second kappa shape index (κ2) is 3.69. The van der Waals surface area contributed by atoms with E-state index in [4.69, 9.17) is 28.1 Å². The molecule has 6 heteroatoms. The number of hydrogen-bond donors (Lipinski definition) is 1. The molecule has 0 saturated carbocycles. The average Bonchev–Trinajstić information content (AvgIpc) is 1.85. The van der Waals surface area contributed by atoms with Crippen molar-refractivity contribution in [3.8, 4) is 0 Å². The number of nitrogens with one attached hydrogen (secondary N) is 1. The van der Waals surface area contributed by atoms with Crippen molar-refractivity contribution in [3.05, 3.63) is 12.0 Å². The Morgan fingerprint density at radius 3 is 3.09 bits per heavy atom. The highest BCUT2D eigenvalue weighted by atomic mass is 35.5. The van der Waals surface area contributed by atoms with Crippen LogP contribution in [-0.4, -0.2) is 16.4 Å². The zero-order valence-corrected chi connectivity index (χ0v) is 7.35. The maximum atomic E-state index is 5.57. The van der Waals surface area contributed by atoms with E-state index in [9.17, 15) is 0 Å². The fourth-order valence-electron chi connectivity index (χ4n) is 0.599. The Morgan fingerprint density at radius 2 is 2.55 bits per heavy atom. The third-order valence-electron chi connectivity index (χ3n) is 0.936. The Kier molecular flexibility index (Phi) is 2.84. The van der Waals surface area contributed by atoms with Gasteiger partial charge < -0.3 is 4.74 Å². The van der Waals surface area contributed by atoms with Gasteiger partial charge in [0, 0.05) is 6.08 Å². The van der Waals surface area contributed by atoms with E-state index < -0.39 is 0 Å². The summed E-state index contributed by atoms with van der Waals surface area (Å²) in [5.74, 6) is 0.488. The third kappa shape index (κ3) is 2.48. The number of nitrogens with zero attached hydrogens (tertiary/aromatic N) is 2. The molecule has 0 bridgehead atoms. The number of hydrazine groups is 1. The van der Waals surface area contributed by atoms with Crippen molar-refractivity contribution in [2.45, 2.75) is 6.92 Å². The largest absolute Gasteiger partial charge is 0.478 e. The first-order valence-corrected chi connectivity index (χ1v) is 3.75. The molecule has 1 aliphatic rings. The standard InChI is InChI=1S/C5H7Cl2N3O/c1-2-11-5-3-4(6)8-10(7)9-5/h3,9H,2H2,1H3. The van der Waals surface area contributed by atoms with E-state index in [1.165, 1.54) is 0 Å². The normalized spacial score (nSPS) is 16.8. The van der Waals surface area contributed by atoms with Gasteiger partial charge in [-0.25, -0.2) is 5.43 Å². The molecule has 1 N–H and O–H groups in total. The van der Waals surface area contributed by atoms with Gasteiger partial charge in [-0.05, 0) is 6.92 Å². The summed E-state index contributed by atoms with van der Waals surface area (Å²) in [6.07, 6.45) is 1.55. The van der Waals surface area contributed by atoms with E-state index >= 15 is 0 Å². The highest BCUT2D eigenvalue weighted by molar-refractivity contribution is 6.68. The molecule has 0 radical (unpaired) electrons. The zero-order valence-electron chi connectivity index (χ0n) is 5.84. The molecule has 0 unspecified atom stereocenters. The minimum absolute atomic E-state index is 0.280. The molecule has 1 heterocycles. The third-order valence-corrected chi connectivity index (χ3v) is 1.28. The van der Waals surface area contributed by atoms with Gasteiger partial charge in [-0.15, -0.1) is 9.74 Å². The van der Waals surface area contributed by atoms with Gasteiger partial charge in [0.25, 0.3) is 0 Å². The van der Waals surface area contributed by atoms with Gasteiger partial charge in [-0.3, -0.25) is 0 Å². The molecule has 0 amide bonds. The topological polar surface area (TPSA) is 36.9 Å². The number of ether oxygens (including phenoxy) is 1. The molecule has 1 rings (SSSR count). The van der Waals surface area contributed by atoms with E-state index in [0.29, 0.717) is 12.5 Å². The lowest BCUT2D eigenvalue weighted by Gasteiger charge is -2.18. The summed E-state index contributed by atoms with van der Waals surface area (Å²) >= 11 is 11.0. The van der Waals surface area contributed by atoms with E-state index in [1.807, 2.05) is 6.92 Å². The molecule has 4 nitrogen and oxygen atoms in total. The Hall–Kier alpha value is -0.610. The Labute approximate surface area is 74.5 Å². The number of allylic oxidation sites excluding steroid dienone is 1. The SMILES string of the molecule is CCOC1=CC(Cl)=NN(Cl)N1. The summed E-state index contributed by atoms with van der Waals surface area (Å²) in [5, 5.41) is 3.91. The molecule has 0 atom stereocenters. The zero-order chi connectivity index (χ0) is 8.27. The lowest BCUT2D eigenvalue weighted by molar-refractivity contribution is 0.167. The number of halogens is 2. The summed E-state index contributed by atoms with van der Waals surface area (Å²) in [5.41, 5.74) is 2.61. The Morgan fingerprint density at radius 1 is 1.82 bits per heavy atom. The molecule has 0 aromatic heterocycles. The second-order valence-corrected chi connectivity index (χ2v) is 2.44. The molecule has 1 aliphatic heterocycles. The van der Waals surface area contributed by atoms with Crippen LogP contribution < -0.4 is 5.43 Å². The maximum Gasteiger partial charge on any atom is 0.211 e. The smallest absolute Gasteiger partial charge is 0.211 e. The fraction of sp³-hybridized carbons (Fsp3) is 0.400. The first kappa shape index (κ1) is 8.49.